The van der Waals surface area contributed by atoms with E-state index in [2.05, 4.69) is 4.90 Å². The second kappa shape index (κ2) is 6.89. The molecule has 0 aromatic heterocycles. The normalized spacial score (nSPS) is 20.4. The van der Waals surface area contributed by atoms with Crippen molar-refractivity contribution in [1.29, 1.82) is 0 Å². The average Bonchev–Trinajstić information content (AvgIpc) is 3.21. The maximum absolute atomic E-state index is 11.9. The minimum atomic E-state index is -0.275. The van der Waals surface area contributed by atoms with Gasteiger partial charge in [0.15, 0.2) is 0 Å². The van der Waals surface area contributed by atoms with Gasteiger partial charge in [-0.2, -0.15) is 0 Å². The van der Waals surface area contributed by atoms with Gasteiger partial charge in [0, 0.05) is 39.1 Å². The molecule has 1 aliphatic carbocycles. The van der Waals surface area contributed by atoms with Crippen molar-refractivity contribution < 1.29 is 14.3 Å². The second-order valence-electron chi connectivity index (χ2n) is 5.43. The van der Waals surface area contributed by atoms with Crippen LogP contribution in [0.2, 0.25) is 0 Å². The number of carbonyl (C=O) groups is 2. The van der Waals surface area contributed by atoms with Crippen LogP contribution >= 0.6 is 0 Å². The molecule has 1 amide bonds. The van der Waals surface area contributed by atoms with Crippen molar-refractivity contribution in [2.75, 3.05) is 39.3 Å². The molecule has 19 heavy (non-hydrogen) atoms. The van der Waals surface area contributed by atoms with Gasteiger partial charge in [0.1, 0.15) is 0 Å². The summed E-state index contributed by atoms with van der Waals surface area (Å²) >= 11 is 0. The maximum atomic E-state index is 11.9. The summed E-state index contributed by atoms with van der Waals surface area (Å²) < 4.78 is 4.83. The van der Waals surface area contributed by atoms with Gasteiger partial charge in [0.25, 0.3) is 0 Å². The zero-order chi connectivity index (χ0) is 13.7. The molecule has 5 nitrogen and oxygen atoms in total. The number of amides is 1. The van der Waals surface area contributed by atoms with Crippen LogP contribution in [0.15, 0.2) is 0 Å². The van der Waals surface area contributed by atoms with Gasteiger partial charge in [-0.05, 0) is 25.7 Å². The molecule has 108 valence electrons. The number of nitrogens with zero attached hydrogens (tertiary/aromatic N) is 2. The largest absolute Gasteiger partial charge is 0.466 e. The van der Waals surface area contributed by atoms with Crippen molar-refractivity contribution in [3.63, 3.8) is 0 Å². The minimum Gasteiger partial charge on any atom is -0.466 e. The van der Waals surface area contributed by atoms with E-state index in [1.165, 1.54) is 19.4 Å². The lowest BCUT2D eigenvalue weighted by Crippen LogP contribution is -2.49. The highest BCUT2D eigenvalue weighted by molar-refractivity contribution is 5.81. The van der Waals surface area contributed by atoms with Crippen LogP contribution in [-0.2, 0) is 14.3 Å². The van der Waals surface area contributed by atoms with E-state index in [9.17, 15) is 9.59 Å². The van der Waals surface area contributed by atoms with E-state index < -0.39 is 0 Å². The lowest BCUT2D eigenvalue weighted by molar-refractivity contribution is -0.146. The number of rotatable bonds is 6. The smallest absolute Gasteiger partial charge is 0.306 e. The van der Waals surface area contributed by atoms with Crippen LogP contribution in [0.3, 0.4) is 0 Å². The van der Waals surface area contributed by atoms with Crippen molar-refractivity contribution in [1.82, 2.24) is 9.80 Å². The van der Waals surface area contributed by atoms with E-state index >= 15 is 0 Å². The summed E-state index contributed by atoms with van der Waals surface area (Å²) in [5.74, 6) is 0.716. The molecule has 1 heterocycles. The Labute approximate surface area is 114 Å². The third-order valence-corrected chi connectivity index (χ3v) is 3.79. The van der Waals surface area contributed by atoms with Crippen LogP contribution < -0.4 is 0 Å². The zero-order valence-electron chi connectivity index (χ0n) is 11.8. The van der Waals surface area contributed by atoms with Crippen LogP contribution in [0.25, 0.3) is 0 Å². The van der Waals surface area contributed by atoms with Gasteiger partial charge < -0.3 is 9.64 Å². The van der Waals surface area contributed by atoms with Crippen LogP contribution in [-0.4, -0.2) is 61.0 Å². The van der Waals surface area contributed by atoms with Crippen molar-refractivity contribution >= 4 is 11.9 Å². The number of esters is 1. The van der Waals surface area contributed by atoms with E-state index in [0.717, 1.165) is 32.1 Å². The van der Waals surface area contributed by atoms with Crippen LogP contribution in [0.5, 0.6) is 0 Å². The Morgan fingerprint density at radius 3 is 2.37 bits per heavy atom. The minimum absolute atomic E-state index is 0.0825. The molecule has 1 saturated carbocycles. The molecule has 0 radical (unpaired) electrons. The summed E-state index contributed by atoms with van der Waals surface area (Å²) in [7, 11) is 0. The quantitative estimate of drug-likeness (QED) is 0.671. The molecular weight excluding hydrogens is 244 g/mol. The molecule has 0 bridgehead atoms. The fourth-order valence-corrected chi connectivity index (χ4v) is 2.45. The standard InChI is InChI=1S/C14H24N2O3/c1-2-19-14(18)6-5-13(17)16-9-7-15(8-10-16)11-12-3-4-12/h12H,2-11H2,1H3. The molecule has 1 aliphatic heterocycles. The van der Waals surface area contributed by atoms with Crippen molar-refractivity contribution in [2.45, 2.75) is 32.6 Å². The Hall–Kier alpha value is -1.10. The van der Waals surface area contributed by atoms with Gasteiger partial charge >= 0.3 is 5.97 Å². The lowest BCUT2D eigenvalue weighted by atomic mass is 10.2. The highest BCUT2D eigenvalue weighted by Crippen LogP contribution is 2.29. The lowest BCUT2D eigenvalue weighted by Gasteiger charge is -2.34. The summed E-state index contributed by atoms with van der Waals surface area (Å²) in [6, 6.07) is 0. The van der Waals surface area contributed by atoms with Crippen LogP contribution in [0, 0.1) is 5.92 Å². The predicted molar refractivity (Wildman–Crippen MR) is 71.6 cm³/mol. The maximum Gasteiger partial charge on any atom is 0.306 e. The summed E-state index contributed by atoms with van der Waals surface area (Å²) in [6.07, 6.45) is 3.23. The highest BCUT2D eigenvalue weighted by atomic mass is 16.5. The molecule has 0 N–H and O–H groups in total. The topological polar surface area (TPSA) is 49.9 Å². The third kappa shape index (κ3) is 4.82. The predicted octanol–water partition coefficient (Wildman–Crippen LogP) is 0.884. The molecule has 2 rings (SSSR count). The average molecular weight is 268 g/mol. The van der Waals surface area contributed by atoms with E-state index in [4.69, 9.17) is 4.74 Å². The van der Waals surface area contributed by atoms with E-state index in [1.807, 2.05) is 4.90 Å². The fraction of sp³-hybridized carbons (Fsp3) is 0.857. The first-order chi connectivity index (χ1) is 9.19. The highest BCUT2D eigenvalue weighted by Gasteiger charge is 2.27. The molecule has 0 aromatic carbocycles. The van der Waals surface area contributed by atoms with E-state index in [1.54, 1.807) is 6.92 Å². The Morgan fingerprint density at radius 2 is 1.79 bits per heavy atom. The molecule has 2 aliphatic rings. The molecule has 0 aromatic rings. The summed E-state index contributed by atoms with van der Waals surface area (Å²) in [5, 5.41) is 0. The number of hydrogen-bond acceptors (Lipinski definition) is 4. The monoisotopic (exact) mass is 268 g/mol. The van der Waals surface area contributed by atoms with Crippen molar-refractivity contribution in [2.24, 2.45) is 5.92 Å². The van der Waals surface area contributed by atoms with Crippen LogP contribution in [0.4, 0.5) is 0 Å². The first-order valence-corrected chi connectivity index (χ1v) is 7.34. The summed E-state index contributed by atoms with van der Waals surface area (Å²) in [5.41, 5.74) is 0. The van der Waals surface area contributed by atoms with E-state index in [-0.39, 0.29) is 24.7 Å². The SMILES string of the molecule is CCOC(=O)CCC(=O)N1CCN(CC2CC2)CC1. The molecule has 5 heteroatoms. The Morgan fingerprint density at radius 1 is 1.11 bits per heavy atom. The Bertz CT molecular complexity index is 321. The Kier molecular flexibility index (Phi) is 5.19. The fourth-order valence-electron chi connectivity index (χ4n) is 2.45. The van der Waals surface area contributed by atoms with Gasteiger partial charge in [0.05, 0.1) is 13.0 Å². The first-order valence-electron chi connectivity index (χ1n) is 7.34. The molecule has 0 unspecified atom stereocenters. The van der Waals surface area contributed by atoms with Crippen molar-refractivity contribution in [3.05, 3.63) is 0 Å². The Balaban J connectivity index is 1.62. The van der Waals surface area contributed by atoms with Gasteiger partial charge in [-0.3, -0.25) is 14.5 Å². The van der Waals surface area contributed by atoms with Gasteiger partial charge in [0.2, 0.25) is 5.91 Å². The third-order valence-electron chi connectivity index (χ3n) is 3.79. The van der Waals surface area contributed by atoms with Gasteiger partial charge in [-0.25, -0.2) is 0 Å². The van der Waals surface area contributed by atoms with Crippen LogP contribution in [0.1, 0.15) is 32.6 Å². The number of ether oxygens (including phenoxy) is 1. The molecule has 0 atom stereocenters. The van der Waals surface area contributed by atoms with Gasteiger partial charge in [-0.15, -0.1) is 0 Å². The van der Waals surface area contributed by atoms with E-state index in [0.29, 0.717) is 6.61 Å². The number of hydrogen-bond donors (Lipinski definition) is 0. The molecule has 0 spiro atoms. The summed E-state index contributed by atoms with van der Waals surface area (Å²) in [4.78, 5) is 27.5. The zero-order valence-corrected chi connectivity index (χ0v) is 11.8. The molecule has 2 fully saturated rings. The molecular formula is C14H24N2O3. The summed E-state index contributed by atoms with van der Waals surface area (Å²) in [6.45, 7) is 6.91. The first kappa shape index (κ1) is 14.3. The van der Waals surface area contributed by atoms with Crippen molar-refractivity contribution in [3.8, 4) is 0 Å². The molecule has 1 saturated heterocycles. The number of piperazine rings is 1. The second-order valence-corrected chi connectivity index (χ2v) is 5.43. The van der Waals surface area contributed by atoms with Gasteiger partial charge in [-0.1, -0.05) is 0 Å². The number of carbonyl (C=O) groups excluding carboxylic acids is 2.